The molecule has 0 atom stereocenters. The van der Waals surface area contributed by atoms with E-state index in [0.29, 0.717) is 16.9 Å². The molecule has 0 heterocycles. The highest BCUT2D eigenvalue weighted by Gasteiger charge is 2.09. The third-order valence-electron chi connectivity index (χ3n) is 4.18. The van der Waals surface area contributed by atoms with Gasteiger partial charge in [0.15, 0.2) is 5.78 Å². The predicted octanol–water partition coefficient (Wildman–Crippen LogP) is 5.67. The van der Waals surface area contributed by atoms with Crippen molar-refractivity contribution in [2.45, 2.75) is 6.92 Å². The smallest absolute Gasteiger partial charge is 0.193 e. The minimum absolute atomic E-state index is 0.0384. The molecule has 3 rings (SSSR count). The Balaban J connectivity index is 1.75. The lowest BCUT2D eigenvalue weighted by atomic mass is 10.0. The van der Waals surface area contributed by atoms with Crippen molar-refractivity contribution in [2.75, 3.05) is 7.11 Å². The number of methoxy groups -OCH3 is 1. The van der Waals surface area contributed by atoms with Gasteiger partial charge in [0.25, 0.3) is 0 Å². The zero-order valence-electron chi connectivity index (χ0n) is 14.9. The van der Waals surface area contributed by atoms with Crippen molar-refractivity contribution >= 4 is 11.9 Å². The molecular formula is C23H20O3. The van der Waals surface area contributed by atoms with Gasteiger partial charge in [-0.1, -0.05) is 18.7 Å². The number of ketones is 1. The molecule has 3 aromatic rings. The number of aryl methyl sites for hydroxylation is 1. The van der Waals surface area contributed by atoms with Crippen LogP contribution in [0.4, 0.5) is 0 Å². The maximum Gasteiger partial charge on any atom is 0.193 e. The molecule has 3 aromatic carbocycles. The van der Waals surface area contributed by atoms with Gasteiger partial charge in [0.2, 0.25) is 0 Å². The summed E-state index contributed by atoms with van der Waals surface area (Å²) in [5.74, 6) is 2.10. The largest absolute Gasteiger partial charge is 0.497 e. The van der Waals surface area contributed by atoms with Crippen LogP contribution in [-0.4, -0.2) is 12.9 Å². The summed E-state index contributed by atoms with van der Waals surface area (Å²) in [4.78, 5) is 12.5. The molecule has 0 N–H and O–H groups in total. The molecular weight excluding hydrogens is 324 g/mol. The summed E-state index contributed by atoms with van der Waals surface area (Å²) < 4.78 is 11.0. The molecule has 130 valence electrons. The van der Waals surface area contributed by atoms with Crippen molar-refractivity contribution in [3.8, 4) is 17.2 Å². The summed E-state index contributed by atoms with van der Waals surface area (Å²) in [7, 11) is 1.60. The molecule has 0 fully saturated rings. The van der Waals surface area contributed by atoms with Crippen LogP contribution in [-0.2, 0) is 0 Å². The second-order valence-electron chi connectivity index (χ2n) is 5.91. The third kappa shape index (κ3) is 3.83. The SMILES string of the molecule is C=Cc1cc(Oc2ccc(C(=O)c3ccc(OC)cc3)cc2)ccc1C. The van der Waals surface area contributed by atoms with Gasteiger partial charge in [-0.05, 0) is 78.7 Å². The first-order valence-electron chi connectivity index (χ1n) is 8.30. The van der Waals surface area contributed by atoms with E-state index in [1.807, 2.05) is 25.1 Å². The van der Waals surface area contributed by atoms with Gasteiger partial charge in [-0.2, -0.15) is 0 Å². The van der Waals surface area contributed by atoms with E-state index in [-0.39, 0.29) is 5.78 Å². The van der Waals surface area contributed by atoms with Crippen LogP contribution in [0.2, 0.25) is 0 Å². The Hall–Kier alpha value is -3.33. The number of hydrogen-bond acceptors (Lipinski definition) is 3. The van der Waals surface area contributed by atoms with E-state index in [4.69, 9.17) is 9.47 Å². The van der Waals surface area contributed by atoms with Gasteiger partial charge in [-0.25, -0.2) is 0 Å². The fraction of sp³-hybridized carbons (Fsp3) is 0.0870. The Kier molecular flexibility index (Phi) is 5.18. The maximum atomic E-state index is 12.5. The van der Waals surface area contributed by atoms with Gasteiger partial charge in [0.1, 0.15) is 17.2 Å². The summed E-state index contributed by atoms with van der Waals surface area (Å²) in [6, 6.07) is 20.1. The Morgan fingerprint density at radius 2 is 1.38 bits per heavy atom. The maximum absolute atomic E-state index is 12.5. The van der Waals surface area contributed by atoms with Crippen molar-refractivity contribution in [1.29, 1.82) is 0 Å². The Bertz CT molecular complexity index is 923. The normalized spacial score (nSPS) is 10.2. The minimum Gasteiger partial charge on any atom is -0.497 e. The number of carbonyl (C=O) groups is 1. The molecule has 0 aliphatic carbocycles. The molecule has 0 unspecified atom stereocenters. The van der Waals surface area contributed by atoms with Gasteiger partial charge in [0, 0.05) is 11.1 Å². The van der Waals surface area contributed by atoms with Crippen LogP contribution in [0.25, 0.3) is 6.08 Å². The predicted molar refractivity (Wildman–Crippen MR) is 104 cm³/mol. The van der Waals surface area contributed by atoms with Gasteiger partial charge >= 0.3 is 0 Å². The molecule has 3 heteroatoms. The van der Waals surface area contributed by atoms with Crippen LogP contribution in [0, 0.1) is 6.92 Å². The molecule has 0 spiro atoms. The number of rotatable bonds is 6. The molecule has 0 saturated heterocycles. The first-order chi connectivity index (χ1) is 12.6. The first-order valence-corrected chi connectivity index (χ1v) is 8.30. The van der Waals surface area contributed by atoms with Gasteiger partial charge < -0.3 is 9.47 Å². The van der Waals surface area contributed by atoms with Crippen molar-refractivity contribution in [3.05, 3.63) is 95.6 Å². The van der Waals surface area contributed by atoms with Crippen LogP contribution in [0.1, 0.15) is 27.0 Å². The topological polar surface area (TPSA) is 35.5 Å². The second-order valence-corrected chi connectivity index (χ2v) is 5.91. The molecule has 0 bridgehead atoms. The minimum atomic E-state index is -0.0384. The van der Waals surface area contributed by atoms with E-state index in [1.165, 1.54) is 0 Å². The van der Waals surface area contributed by atoms with Crippen molar-refractivity contribution in [3.63, 3.8) is 0 Å². The van der Waals surface area contributed by atoms with Crippen LogP contribution in [0.15, 0.2) is 73.3 Å². The monoisotopic (exact) mass is 344 g/mol. The van der Waals surface area contributed by atoms with Crippen LogP contribution in [0.3, 0.4) is 0 Å². The lowest BCUT2D eigenvalue weighted by molar-refractivity contribution is 0.103. The summed E-state index contributed by atoms with van der Waals surface area (Å²) >= 11 is 0. The van der Waals surface area contributed by atoms with Crippen LogP contribution in [0.5, 0.6) is 17.2 Å². The van der Waals surface area contributed by atoms with E-state index in [1.54, 1.807) is 61.7 Å². The number of hydrogen-bond donors (Lipinski definition) is 0. The number of ether oxygens (including phenoxy) is 2. The average molecular weight is 344 g/mol. The molecule has 0 radical (unpaired) electrons. The van der Waals surface area contributed by atoms with E-state index >= 15 is 0 Å². The Morgan fingerprint density at radius 1 is 0.846 bits per heavy atom. The van der Waals surface area contributed by atoms with E-state index in [2.05, 4.69) is 6.58 Å². The van der Waals surface area contributed by atoms with Gasteiger partial charge in [-0.15, -0.1) is 0 Å². The lowest BCUT2D eigenvalue weighted by Crippen LogP contribution is -2.01. The Morgan fingerprint density at radius 3 is 1.92 bits per heavy atom. The quantitative estimate of drug-likeness (QED) is 0.540. The standard InChI is InChI=1S/C23H20O3/c1-4-17-15-22(10-5-16(17)2)26-21-13-8-19(9-14-21)23(24)18-6-11-20(25-3)12-7-18/h4-15H,1H2,2-3H3. The Labute approximate surface area is 153 Å². The zero-order chi connectivity index (χ0) is 18.5. The number of benzene rings is 3. The summed E-state index contributed by atoms with van der Waals surface area (Å²) in [5.41, 5.74) is 3.41. The van der Waals surface area contributed by atoms with Crippen molar-refractivity contribution in [1.82, 2.24) is 0 Å². The molecule has 26 heavy (non-hydrogen) atoms. The summed E-state index contributed by atoms with van der Waals surface area (Å²) in [6.45, 7) is 5.84. The van der Waals surface area contributed by atoms with Crippen molar-refractivity contribution in [2.24, 2.45) is 0 Å². The summed E-state index contributed by atoms with van der Waals surface area (Å²) in [5, 5.41) is 0. The highest BCUT2D eigenvalue weighted by molar-refractivity contribution is 6.09. The molecule has 0 aliphatic heterocycles. The zero-order valence-corrected chi connectivity index (χ0v) is 14.9. The van der Waals surface area contributed by atoms with Gasteiger partial charge in [-0.3, -0.25) is 4.79 Å². The molecule has 0 aromatic heterocycles. The highest BCUT2D eigenvalue weighted by Crippen LogP contribution is 2.25. The average Bonchev–Trinajstić information content (AvgIpc) is 2.69. The van der Waals surface area contributed by atoms with E-state index < -0.39 is 0 Å². The van der Waals surface area contributed by atoms with Crippen molar-refractivity contribution < 1.29 is 14.3 Å². The molecule has 0 amide bonds. The fourth-order valence-corrected chi connectivity index (χ4v) is 2.62. The molecule has 3 nitrogen and oxygen atoms in total. The van der Waals surface area contributed by atoms with E-state index in [9.17, 15) is 4.79 Å². The van der Waals surface area contributed by atoms with Crippen LogP contribution < -0.4 is 9.47 Å². The van der Waals surface area contributed by atoms with Crippen LogP contribution >= 0.6 is 0 Å². The number of carbonyl (C=O) groups excluding carboxylic acids is 1. The second kappa shape index (κ2) is 7.70. The molecule has 0 aliphatic rings. The van der Waals surface area contributed by atoms with E-state index in [0.717, 1.165) is 22.6 Å². The summed E-state index contributed by atoms with van der Waals surface area (Å²) in [6.07, 6.45) is 1.80. The lowest BCUT2D eigenvalue weighted by Gasteiger charge is -2.09. The third-order valence-corrected chi connectivity index (χ3v) is 4.18. The highest BCUT2D eigenvalue weighted by atomic mass is 16.5. The fourth-order valence-electron chi connectivity index (χ4n) is 2.62. The van der Waals surface area contributed by atoms with Gasteiger partial charge in [0.05, 0.1) is 7.11 Å². The molecule has 0 saturated carbocycles. The first kappa shape index (κ1) is 17.5.